The quantitative estimate of drug-likeness (QED) is 0.538. The molecule has 0 aromatic heterocycles. The highest BCUT2D eigenvalue weighted by Crippen LogP contribution is 2.09. The molecule has 0 saturated carbocycles. The molecular weight excluding hydrogens is 162 g/mol. The minimum absolute atomic E-state index is 0.0741. The van der Waals surface area contributed by atoms with E-state index >= 15 is 0 Å². The predicted octanol–water partition coefficient (Wildman–Crippen LogP) is 1.61. The lowest BCUT2D eigenvalue weighted by Crippen LogP contribution is -2.00. The van der Waals surface area contributed by atoms with Crippen molar-refractivity contribution in [2.75, 3.05) is 11.9 Å². The summed E-state index contributed by atoms with van der Waals surface area (Å²) in [5, 5.41) is 12.0. The highest BCUT2D eigenvalue weighted by atomic mass is 16.3. The Hall–Kier alpha value is -1.46. The Bertz CT molecular complexity index is 301. The van der Waals surface area contributed by atoms with E-state index < -0.39 is 0 Å². The molecule has 0 aliphatic rings. The molecule has 1 aromatic rings. The van der Waals surface area contributed by atoms with Crippen molar-refractivity contribution in [3.63, 3.8) is 0 Å². The average molecular weight is 175 g/mol. The molecule has 68 valence electrons. The zero-order chi connectivity index (χ0) is 9.52. The van der Waals surface area contributed by atoms with Gasteiger partial charge in [-0.2, -0.15) is 0 Å². The number of hydrogen-bond acceptors (Lipinski definition) is 2. The second-order valence-electron chi connectivity index (χ2n) is 2.74. The van der Waals surface area contributed by atoms with Crippen LogP contribution in [-0.4, -0.2) is 11.7 Å². The van der Waals surface area contributed by atoms with Gasteiger partial charge in [0.05, 0.1) is 6.61 Å². The average Bonchev–Trinajstić information content (AvgIpc) is 2.19. The molecule has 1 aromatic carbocycles. The molecule has 0 saturated heterocycles. The van der Waals surface area contributed by atoms with E-state index in [1.165, 1.54) is 0 Å². The van der Waals surface area contributed by atoms with Gasteiger partial charge in [0.25, 0.3) is 0 Å². The van der Waals surface area contributed by atoms with Crippen LogP contribution < -0.4 is 5.32 Å². The normalized spacial score (nSPS) is 9.23. The first-order chi connectivity index (χ1) is 6.36. The molecule has 0 fully saturated rings. The van der Waals surface area contributed by atoms with Crippen LogP contribution in [0.15, 0.2) is 24.3 Å². The van der Waals surface area contributed by atoms with Gasteiger partial charge in [-0.05, 0) is 17.7 Å². The summed E-state index contributed by atoms with van der Waals surface area (Å²) < 4.78 is 0. The van der Waals surface area contributed by atoms with E-state index in [1.54, 1.807) is 0 Å². The number of aliphatic hydroxyl groups excluding tert-OH is 1. The van der Waals surface area contributed by atoms with Gasteiger partial charge in [-0.3, -0.25) is 0 Å². The van der Waals surface area contributed by atoms with Crippen LogP contribution in [-0.2, 0) is 6.61 Å². The fraction of sp³-hybridized carbons (Fsp3) is 0.273. The van der Waals surface area contributed by atoms with Crippen LogP contribution in [0.4, 0.5) is 5.69 Å². The Morgan fingerprint density at radius 1 is 1.46 bits per heavy atom. The van der Waals surface area contributed by atoms with Crippen LogP contribution in [0.5, 0.6) is 0 Å². The summed E-state index contributed by atoms with van der Waals surface area (Å²) in [5.41, 5.74) is 1.91. The van der Waals surface area contributed by atoms with E-state index in [0.717, 1.165) is 17.8 Å². The second-order valence-corrected chi connectivity index (χ2v) is 2.74. The van der Waals surface area contributed by atoms with Gasteiger partial charge in [0.2, 0.25) is 0 Å². The summed E-state index contributed by atoms with van der Waals surface area (Å²) in [6, 6.07) is 7.66. The maximum Gasteiger partial charge on any atom is 0.0682 e. The summed E-state index contributed by atoms with van der Waals surface area (Å²) in [6.45, 7) is 0.843. The monoisotopic (exact) mass is 175 g/mol. The number of anilines is 1. The molecule has 0 bridgehead atoms. The third-order valence-corrected chi connectivity index (χ3v) is 1.71. The topological polar surface area (TPSA) is 32.3 Å². The standard InChI is InChI=1S/C11H13NO/c1-2-3-7-12-11-6-4-5-10(8-11)9-13/h1,4-6,8,12-13H,3,7,9H2. The van der Waals surface area contributed by atoms with Crippen LogP contribution >= 0.6 is 0 Å². The number of aliphatic hydroxyl groups is 1. The first kappa shape index (κ1) is 9.63. The van der Waals surface area contributed by atoms with Gasteiger partial charge in [0.15, 0.2) is 0 Å². The highest BCUT2D eigenvalue weighted by molar-refractivity contribution is 5.45. The van der Waals surface area contributed by atoms with Gasteiger partial charge < -0.3 is 10.4 Å². The van der Waals surface area contributed by atoms with Crippen molar-refractivity contribution in [2.24, 2.45) is 0 Å². The third kappa shape index (κ3) is 3.18. The zero-order valence-electron chi connectivity index (χ0n) is 7.46. The van der Waals surface area contributed by atoms with Crippen molar-refractivity contribution in [2.45, 2.75) is 13.0 Å². The smallest absolute Gasteiger partial charge is 0.0682 e. The van der Waals surface area contributed by atoms with Gasteiger partial charge >= 0.3 is 0 Å². The van der Waals surface area contributed by atoms with Crippen LogP contribution in [0, 0.1) is 12.3 Å². The lowest BCUT2D eigenvalue weighted by molar-refractivity contribution is 0.282. The fourth-order valence-corrected chi connectivity index (χ4v) is 1.06. The lowest BCUT2D eigenvalue weighted by Gasteiger charge is -2.04. The van der Waals surface area contributed by atoms with Crippen molar-refractivity contribution >= 4 is 5.69 Å². The molecule has 0 aliphatic carbocycles. The first-order valence-corrected chi connectivity index (χ1v) is 4.24. The Kier molecular flexibility index (Phi) is 3.87. The molecular formula is C11H13NO. The van der Waals surface area contributed by atoms with Gasteiger partial charge in [0.1, 0.15) is 0 Å². The van der Waals surface area contributed by atoms with Crippen LogP contribution in [0.25, 0.3) is 0 Å². The summed E-state index contributed by atoms with van der Waals surface area (Å²) in [5.74, 6) is 2.55. The second kappa shape index (κ2) is 5.23. The number of nitrogens with one attached hydrogen (secondary N) is 1. The molecule has 2 heteroatoms. The number of benzene rings is 1. The molecule has 0 amide bonds. The predicted molar refractivity (Wildman–Crippen MR) is 54.3 cm³/mol. The number of terminal acetylenes is 1. The summed E-state index contributed by atoms with van der Waals surface area (Å²) >= 11 is 0. The Morgan fingerprint density at radius 2 is 2.31 bits per heavy atom. The number of rotatable bonds is 4. The van der Waals surface area contributed by atoms with Crippen molar-refractivity contribution in [3.05, 3.63) is 29.8 Å². The Morgan fingerprint density at radius 3 is 3.00 bits per heavy atom. The Labute approximate surface area is 78.6 Å². The molecule has 2 nitrogen and oxygen atoms in total. The maximum absolute atomic E-state index is 8.87. The van der Waals surface area contributed by atoms with E-state index in [2.05, 4.69) is 11.2 Å². The molecule has 0 heterocycles. The molecule has 2 N–H and O–H groups in total. The van der Waals surface area contributed by atoms with Crippen LogP contribution in [0.3, 0.4) is 0 Å². The molecule has 0 spiro atoms. The highest BCUT2D eigenvalue weighted by Gasteiger charge is 1.92. The minimum Gasteiger partial charge on any atom is -0.392 e. The van der Waals surface area contributed by atoms with Crippen molar-refractivity contribution < 1.29 is 5.11 Å². The summed E-state index contributed by atoms with van der Waals surface area (Å²) in [4.78, 5) is 0. The fourth-order valence-electron chi connectivity index (χ4n) is 1.06. The number of hydrogen-bond donors (Lipinski definition) is 2. The van der Waals surface area contributed by atoms with E-state index in [1.807, 2.05) is 24.3 Å². The van der Waals surface area contributed by atoms with Crippen molar-refractivity contribution in [1.82, 2.24) is 0 Å². The third-order valence-electron chi connectivity index (χ3n) is 1.71. The van der Waals surface area contributed by atoms with Gasteiger partial charge in [-0.1, -0.05) is 12.1 Å². The van der Waals surface area contributed by atoms with Crippen LogP contribution in [0.2, 0.25) is 0 Å². The van der Waals surface area contributed by atoms with Gasteiger partial charge in [-0.25, -0.2) is 0 Å². The summed E-state index contributed by atoms with van der Waals surface area (Å²) in [7, 11) is 0. The SMILES string of the molecule is C#CCCNc1cccc(CO)c1. The van der Waals surface area contributed by atoms with Crippen molar-refractivity contribution in [1.29, 1.82) is 0 Å². The molecule has 1 rings (SSSR count). The van der Waals surface area contributed by atoms with E-state index in [9.17, 15) is 0 Å². The lowest BCUT2D eigenvalue weighted by atomic mass is 10.2. The molecule has 13 heavy (non-hydrogen) atoms. The molecule has 0 atom stereocenters. The van der Waals surface area contributed by atoms with Crippen LogP contribution in [0.1, 0.15) is 12.0 Å². The minimum atomic E-state index is 0.0741. The largest absolute Gasteiger partial charge is 0.392 e. The van der Waals surface area contributed by atoms with E-state index in [4.69, 9.17) is 11.5 Å². The van der Waals surface area contributed by atoms with Gasteiger partial charge in [-0.15, -0.1) is 12.3 Å². The summed E-state index contributed by atoms with van der Waals surface area (Å²) in [6.07, 6.45) is 5.83. The van der Waals surface area contributed by atoms with E-state index in [0.29, 0.717) is 6.42 Å². The molecule has 0 aliphatic heterocycles. The first-order valence-electron chi connectivity index (χ1n) is 4.24. The zero-order valence-corrected chi connectivity index (χ0v) is 7.46. The Balaban J connectivity index is 2.52. The van der Waals surface area contributed by atoms with E-state index in [-0.39, 0.29) is 6.61 Å². The maximum atomic E-state index is 8.87. The molecule has 0 unspecified atom stereocenters. The van der Waals surface area contributed by atoms with Crippen molar-refractivity contribution in [3.8, 4) is 12.3 Å². The molecule has 0 radical (unpaired) electrons. The van der Waals surface area contributed by atoms with Gasteiger partial charge in [0, 0.05) is 18.7 Å².